The monoisotopic (exact) mass is 361 g/mol. The van der Waals surface area contributed by atoms with Crippen LogP contribution in [0, 0.1) is 0 Å². The van der Waals surface area contributed by atoms with E-state index in [9.17, 15) is 0 Å². The summed E-state index contributed by atoms with van der Waals surface area (Å²) in [6.07, 6.45) is 8.68. The van der Waals surface area contributed by atoms with E-state index in [1.807, 2.05) is 10.6 Å². The lowest BCUT2D eigenvalue weighted by atomic mass is 9.87. The summed E-state index contributed by atoms with van der Waals surface area (Å²) in [7, 11) is 0. The smallest absolute Gasteiger partial charge is 0.156 e. The number of nitrogens with one attached hydrogen (secondary N) is 1. The van der Waals surface area contributed by atoms with Gasteiger partial charge in [0.1, 0.15) is 0 Å². The number of pyridine rings is 1. The van der Waals surface area contributed by atoms with Gasteiger partial charge in [-0.3, -0.25) is 4.90 Å². The molecule has 1 aliphatic heterocycles. The van der Waals surface area contributed by atoms with Gasteiger partial charge in [0.2, 0.25) is 0 Å². The Bertz CT molecular complexity index is 899. The Morgan fingerprint density at radius 2 is 1.89 bits per heavy atom. The van der Waals surface area contributed by atoms with Gasteiger partial charge in [0.25, 0.3) is 0 Å². The summed E-state index contributed by atoms with van der Waals surface area (Å²) in [6, 6.07) is 15.4. The number of likely N-dealkylation sites (tertiary alicyclic amines) is 1. The van der Waals surface area contributed by atoms with E-state index in [0.717, 1.165) is 36.3 Å². The molecular weight excluding hydrogens is 334 g/mol. The summed E-state index contributed by atoms with van der Waals surface area (Å²) in [5.74, 6) is 1.49. The number of anilines is 1. The first-order chi connectivity index (χ1) is 13.3. The molecule has 0 bridgehead atoms. The van der Waals surface area contributed by atoms with Crippen molar-refractivity contribution in [3.05, 3.63) is 60.0 Å². The highest BCUT2D eigenvalue weighted by Gasteiger charge is 2.31. The third kappa shape index (κ3) is 3.56. The highest BCUT2D eigenvalue weighted by Crippen LogP contribution is 2.32. The molecule has 27 heavy (non-hydrogen) atoms. The van der Waals surface area contributed by atoms with Crippen molar-refractivity contribution in [2.45, 2.75) is 50.6 Å². The Morgan fingerprint density at radius 1 is 1.00 bits per heavy atom. The second-order valence-corrected chi connectivity index (χ2v) is 7.95. The zero-order chi connectivity index (χ0) is 18.1. The van der Waals surface area contributed by atoms with Crippen molar-refractivity contribution < 1.29 is 0 Å². The van der Waals surface area contributed by atoms with E-state index in [4.69, 9.17) is 10.1 Å². The molecule has 1 aromatic carbocycles. The third-order valence-electron chi connectivity index (χ3n) is 6.10. The predicted molar refractivity (Wildman–Crippen MR) is 108 cm³/mol. The van der Waals surface area contributed by atoms with Crippen LogP contribution in [0.1, 0.15) is 49.4 Å². The van der Waals surface area contributed by atoms with Gasteiger partial charge in [-0.25, -0.2) is 9.50 Å². The topological polar surface area (TPSA) is 45.5 Å². The molecule has 140 valence electrons. The van der Waals surface area contributed by atoms with Crippen LogP contribution >= 0.6 is 0 Å². The maximum atomic E-state index is 4.83. The maximum Gasteiger partial charge on any atom is 0.156 e. The molecule has 0 radical (unpaired) electrons. The maximum absolute atomic E-state index is 4.83. The fourth-order valence-corrected chi connectivity index (χ4v) is 4.28. The van der Waals surface area contributed by atoms with Gasteiger partial charge in [-0.1, -0.05) is 36.8 Å². The van der Waals surface area contributed by atoms with Crippen LogP contribution in [0.5, 0.6) is 0 Å². The Labute approximate surface area is 160 Å². The third-order valence-corrected chi connectivity index (χ3v) is 6.10. The second kappa shape index (κ2) is 7.31. The number of rotatable bonds is 5. The average Bonchev–Trinajstić information content (AvgIpc) is 3.10. The summed E-state index contributed by atoms with van der Waals surface area (Å²) in [6.45, 7) is 3.19. The molecule has 0 spiro atoms. The van der Waals surface area contributed by atoms with Crippen molar-refractivity contribution in [2.24, 2.45) is 0 Å². The van der Waals surface area contributed by atoms with Crippen LogP contribution < -0.4 is 5.32 Å². The van der Waals surface area contributed by atoms with E-state index in [-0.39, 0.29) is 0 Å². The van der Waals surface area contributed by atoms with E-state index in [1.165, 1.54) is 44.2 Å². The van der Waals surface area contributed by atoms with Crippen molar-refractivity contribution in [1.29, 1.82) is 0 Å². The Kier molecular flexibility index (Phi) is 4.54. The van der Waals surface area contributed by atoms with Crippen LogP contribution in [-0.2, 0) is 6.54 Å². The zero-order valence-corrected chi connectivity index (χ0v) is 15.7. The first-order valence-corrected chi connectivity index (χ1v) is 10.2. The van der Waals surface area contributed by atoms with Gasteiger partial charge in [-0.05, 0) is 49.9 Å². The summed E-state index contributed by atoms with van der Waals surface area (Å²) < 4.78 is 1.94. The van der Waals surface area contributed by atoms with Crippen LogP contribution in [0.15, 0.2) is 48.7 Å². The number of aromatic nitrogens is 3. The van der Waals surface area contributed by atoms with E-state index in [1.54, 1.807) is 0 Å². The van der Waals surface area contributed by atoms with Gasteiger partial charge in [0, 0.05) is 25.0 Å². The molecule has 5 nitrogen and oxygen atoms in total. The number of fused-ring (bicyclic) bond motifs is 1. The molecule has 2 aliphatic rings. The Morgan fingerprint density at radius 3 is 2.70 bits per heavy atom. The number of nitrogens with zero attached hydrogens (tertiary/aromatic N) is 4. The summed E-state index contributed by atoms with van der Waals surface area (Å²) >= 11 is 0. The molecule has 2 fully saturated rings. The molecule has 1 saturated carbocycles. The minimum atomic E-state index is 0.472. The van der Waals surface area contributed by atoms with Crippen molar-refractivity contribution in [2.75, 3.05) is 18.4 Å². The summed E-state index contributed by atoms with van der Waals surface area (Å²) in [5.41, 5.74) is 3.29. The van der Waals surface area contributed by atoms with Crippen molar-refractivity contribution in [3.63, 3.8) is 0 Å². The minimum Gasteiger partial charge on any atom is -0.380 e. The predicted octanol–water partition coefficient (Wildman–Crippen LogP) is 4.07. The number of piperidine rings is 1. The SMILES string of the molecule is c1ccc(CNc2ccc3nc(C4CCCN(C5CCC5)C4)nn3c2)cc1. The lowest BCUT2D eigenvalue weighted by molar-refractivity contribution is 0.0929. The van der Waals surface area contributed by atoms with Gasteiger partial charge in [0.15, 0.2) is 11.5 Å². The fraction of sp³-hybridized carbons (Fsp3) is 0.455. The average molecular weight is 361 g/mol. The molecule has 3 aromatic rings. The highest BCUT2D eigenvalue weighted by atomic mass is 15.3. The van der Waals surface area contributed by atoms with Crippen molar-refractivity contribution in [1.82, 2.24) is 19.5 Å². The molecule has 1 saturated heterocycles. The first kappa shape index (κ1) is 16.8. The molecule has 1 unspecified atom stereocenters. The second-order valence-electron chi connectivity index (χ2n) is 7.95. The summed E-state index contributed by atoms with van der Waals surface area (Å²) in [5, 5.41) is 8.31. The van der Waals surface area contributed by atoms with Crippen LogP contribution in [0.25, 0.3) is 5.65 Å². The van der Waals surface area contributed by atoms with E-state index < -0.39 is 0 Å². The Hall–Kier alpha value is -2.40. The van der Waals surface area contributed by atoms with Gasteiger partial charge >= 0.3 is 0 Å². The quantitative estimate of drug-likeness (QED) is 0.744. The zero-order valence-electron chi connectivity index (χ0n) is 15.7. The summed E-state index contributed by atoms with van der Waals surface area (Å²) in [4.78, 5) is 7.51. The van der Waals surface area contributed by atoms with E-state index >= 15 is 0 Å². The van der Waals surface area contributed by atoms with Gasteiger partial charge in [-0.15, -0.1) is 0 Å². The van der Waals surface area contributed by atoms with Crippen molar-refractivity contribution in [3.8, 4) is 0 Å². The number of hydrogen-bond donors (Lipinski definition) is 1. The van der Waals surface area contributed by atoms with Crippen LogP contribution in [0.2, 0.25) is 0 Å². The Balaban J connectivity index is 1.30. The lowest BCUT2D eigenvalue weighted by Crippen LogP contribution is -2.45. The van der Waals surface area contributed by atoms with E-state index in [2.05, 4.69) is 52.8 Å². The highest BCUT2D eigenvalue weighted by molar-refractivity contribution is 5.49. The fourth-order valence-electron chi connectivity index (χ4n) is 4.28. The largest absolute Gasteiger partial charge is 0.380 e. The van der Waals surface area contributed by atoms with Gasteiger partial charge in [-0.2, -0.15) is 5.10 Å². The van der Waals surface area contributed by atoms with Crippen molar-refractivity contribution >= 4 is 11.3 Å². The molecule has 5 heteroatoms. The lowest BCUT2D eigenvalue weighted by Gasteiger charge is -2.41. The van der Waals surface area contributed by atoms with E-state index in [0.29, 0.717) is 5.92 Å². The molecule has 1 N–H and O–H groups in total. The minimum absolute atomic E-state index is 0.472. The molecule has 1 atom stereocenters. The molecule has 0 amide bonds. The number of benzene rings is 1. The van der Waals surface area contributed by atoms with Crippen LogP contribution in [0.4, 0.5) is 5.69 Å². The van der Waals surface area contributed by atoms with Crippen LogP contribution in [-0.4, -0.2) is 38.6 Å². The normalized spacial score (nSPS) is 21.3. The van der Waals surface area contributed by atoms with Crippen LogP contribution in [0.3, 0.4) is 0 Å². The van der Waals surface area contributed by atoms with Gasteiger partial charge < -0.3 is 5.32 Å². The molecular formula is C22H27N5. The number of hydrogen-bond acceptors (Lipinski definition) is 4. The first-order valence-electron chi connectivity index (χ1n) is 10.2. The molecule has 2 aromatic heterocycles. The molecule has 3 heterocycles. The standard InChI is InChI=1S/C22H27N5/c1-2-6-17(7-3-1)14-23-19-11-12-21-24-22(25-27(21)16-19)18-8-5-13-26(15-18)20-9-4-10-20/h1-3,6-7,11-12,16,18,20,23H,4-5,8-10,13-15H2. The molecule has 5 rings (SSSR count). The van der Waals surface area contributed by atoms with Gasteiger partial charge in [0.05, 0.1) is 11.9 Å². The molecule has 1 aliphatic carbocycles.